The lowest BCUT2D eigenvalue weighted by atomic mass is 10.1. The Morgan fingerprint density at radius 2 is 2.06 bits per heavy atom. The number of hydrogen-bond donors (Lipinski definition) is 2. The summed E-state index contributed by atoms with van der Waals surface area (Å²) in [6, 6.07) is 5.82. The third kappa shape index (κ3) is 5.09. The van der Waals surface area contributed by atoms with E-state index in [9.17, 15) is 9.59 Å². The number of carbonyl (C=O) groups excluding carboxylic acids is 2. The lowest BCUT2D eigenvalue weighted by molar-refractivity contribution is -0.126. The number of likely N-dealkylation sites (tertiary alicyclic amines) is 1. The van der Waals surface area contributed by atoms with E-state index in [0.717, 1.165) is 59.3 Å². The molecule has 34 heavy (non-hydrogen) atoms. The number of fused-ring (bicyclic) bond motifs is 2. The van der Waals surface area contributed by atoms with Crippen molar-refractivity contribution in [3.63, 3.8) is 0 Å². The maximum absolute atomic E-state index is 11.0. The smallest absolute Gasteiger partial charge is 0.245 e. The highest BCUT2D eigenvalue weighted by Gasteiger charge is 2.17. The molecule has 0 aromatic carbocycles. The van der Waals surface area contributed by atoms with Gasteiger partial charge in [-0.05, 0) is 43.5 Å². The predicted molar refractivity (Wildman–Crippen MR) is 131 cm³/mol. The van der Waals surface area contributed by atoms with Crippen molar-refractivity contribution in [3.05, 3.63) is 60.2 Å². The number of hydrogen-bond acceptors (Lipinski definition) is 5. The molecule has 2 amide bonds. The zero-order valence-electron chi connectivity index (χ0n) is 18.7. The number of aromatic nitrogens is 5. The summed E-state index contributed by atoms with van der Waals surface area (Å²) in [7, 11) is 0. The van der Waals surface area contributed by atoms with Crippen LogP contribution in [0.3, 0.4) is 0 Å². The first-order valence-corrected chi connectivity index (χ1v) is 11.5. The highest BCUT2D eigenvalue weighted by Crippen LogP contribution is 2.36. The molecule has 9 nitrogen and oxygen atoms in total. The lowest BCUT2D eigenvalue weighted by Crippen LogP contribution is -2.34. The number of pyridine rings is 1. The fourth-order valence-corrected chi connectivity index (χ4v) is 4.30. The molecule has 0 radical (unpaired) electrons. The molecule has 1 aliphatic heterocycles. The van der Waals surface area contributed by atoms with E-state index in [1.165, 1.54) is 12.5 Å². The predicted octanol–water partition coefficient (Wildman–Crippen LogP) is 3.40. The standard InChI is InChI=1S/C16H13ClN6O.C8H13NO/c17-13-8-19-16-11(6-10(22-16)3-5-18-9-24)15(13)12-7-21-23-14(12)2-1-4-20-23;1-2-8(10)9-6-4-3-5-7-9/h1-2,4,6-9H,3,5H2,(H,18,24)(H,19,22);2H,1,3-7H2. The maximum Gasteiger partial charge on any atom is 0.245 e. The Kier molecular flexibility index (Phi) is 7.54. The number of amides is 2. The van der Waals surface area contributed by atoms with Crippen LogP contribution in [0.1, 0.15) is 25.0 Å². The molecule has 1 saturated heterocycles. The van der Waals surface area contributed by atoms with Crippen LogP contribution < -0.4 is 5.32 Å². The molecule has 5 heterocycles. The molecule has 10 heteroatoms. The van der Waals surface area contributed by atoms with Gasteiger partial charge in [0.2, 0.25) is 12.3 Å². The Morgan fingerprint density at radius 3 is 2.82 bits per heavy atom. The van der Waals surface area contributed by atoms with Gasteiger partial charge in [0.15, 0.2) is 0 Å². The van der Waals surface area contributed by atoms with Gasteiger partial charge < -0.3 is 15.2 Å². The third-order valence-electron chi connectivity index (χ3n) is 5.71. The van der Waals surface area contributed by atoms with Crippen molar-refractivity contribution in [2.75, 3.05) is 19.6 Å². The Morgan fingerprint density at radius 1 is 1.24 bits per heavy atom. The van der Waals surface area contributed by atoms with Crippen molar-refractivity contribution >= 4 is 40.5 Å². The summed E-state index contributed by atoms with van der Waals surface area (Å²) in [5.74, 6) is 0.0831. The number of halogens is 1. The maximum atomic E-state index is 11.0. The van der Waals surface area contributed by atoms with Gasteiger partial charge in [0, 0.05) is 60.7 Å². The Balaban J connectivity index is 0.000000231. The second-order valence-corrected chi connectivity index (χ2v) is 8.31. The van der Waals surface area contributed by atoms with E-state index in [2.05, 4.69) is 32.1 Å². The number of H-pyrrole nitrogens is 1. The average Bonchev–Trinajstić information content (AvgIpc) is 3.49. The minimum atomic E-state index is 0.0831. The molecule has 0 atom stereocenters. The molecular weight excluding hydrogens is 454 g/mol. The summed E-state index contributed by atoms with van der Waals surface area (Å²) in [5, 5.41) is 12.6. The van der Waals surface area contributed by atoms with Crippen molar-refractivity contribution in [1.29, 1.82) is 0 Å². The van der Waals surface area contributed by atoms with E-state index in [1.54, 1.807) is 23.2 Å². The zero-order chi connectivity index (χ0) is 23.9. The highest BCUT2D eigenvalue weighted by molar-refractivity contribution is 6.35. The molecule has 4 aromatic heterocycles. The number of nitrogens with zero attached hydrogens (tertiary/aromatic N) is 5. The van der Waals surface area contributed by atoms with Crippen molar-refractivity contribution in [2.45, 2.75) is 25.7 Å². The van der Waals surface area contributed by atoms with E-state index in [0.29, 0.717) is 24.4 Å². The van der Waals surface area contributed by atoms with Gasteiger partial charge in [-0.2, -0.15) is 14.8 Å². The van der Waals surface area contributed by atoms with Gasteiger partial charge in [-0.25, -0.2) is 4.98 Å². The minimum absolute atomic E-state index is 0.0831. The summed E-state index contributed by atoms with van der Waals surface area (Å²) >= 11 is 6.44. The number of aromatic amines is 1. The monoisotopic (exact) mass is 479 g/mol. The number of carbonyl (C=O) groups is 2. The Labute approximate surface area is 201 Å². The summed E-state index contributed by atoms with van der Waals surface area (Å²) in [6.07, 6.45) is 11.4. The summed E-state index contributed by atoms with van der Waals surface area (Å²) in [6.45, 7) is 5.84. The van der Waals surface area contributed by atoms with E-state index in [-0.39, 0.29) is 5.91 Å². The fourth-order valence-electron chi connectivity index (χ4n) is 4.05. The first-order valence-electron chi connectivity index (χ1n) is 11.2. The van der Waals surface area contributed by atoms with Crippen LogP contribution in [0.5, 0.6) is 0 Å². The second-order valence-electron chi connectivity index (χ2n) is 7.91. The average molecular weight is 480 g/mol. The van der Waals surface area contributed by atoms with Crippen LogP contribution in [0.2, 0.25) is 5.02 Å². The summed E-state index contributed by atoms with van der Waals surface area (Å²) < 4.78 is 1.57. The Hall–Kier alpha value is -3.72. The molecule has 176 valence electrons. The van der Waals surface area contributed by atoms with Crippen molar-refractivity contribution < 1.29 is 9.59 Å². The number of nitrogens with one attached hydrogen (secondary N) is 2. The van der Waals surface area contributed by atoms with Gasteiger partial charge in [-0.15, -0.1) is 0 Å². The van der Waals surface area contributed by atoms with Crippen LogP contribution in [-0.4, -0.2) is 61.6 Å². The SMILES string of the molecule is C=CC(=O)N1CCCCC1.O=CNCCc1cc2c(-c3cnn4ncccc34)c(Cl)cnc2[nH]1. The van der Waals surface area contributed by atoms with Crippen LogP contribution in [-0.2, 0) is 16.0 Å². The summed E-state index contributed by atoms with van der Waals surface area (Å²) in [4.78, 5) is 30.8. The number of piperidine rings is 1. The van der Waals surface area contributed by atoms with E-state index in [1.807, 2.05) is 23.1 Å². The topological polar surface area (TPSA) is 108 Å². The van der Waals surface area contributed by atoms with Crippen molar-refractivity contribution in [3.8, 4) is 11.1 Å². The van der Waals surface area contributed by atoms with E-state index in [4.69, 9.17) is 11.6 Å². The van der Waals surface area contributed by atoms with Gasteiger partial charge in [0.1, 0.15) is 5.65 Å². The molecular formula is C24H26ClN7O2. The normalized spacial score (nSPS) is 13.4. The molecule has 5 rings (SSSR count). The van der Waals surface area contributed by atoms with Gasteiger partial charge in [0.05, 0.1) is 16.7 Å². The largest absolute Gasteiger partial charge is 0.358 e. The fraction of sp³-hybridized carbons (Fsp3) is 0.292. The second kappa shape index (κ2) is 10.9. The van der Waals surface area contributed by atoms with Crippen LogP contribution in [0.25, 0.3) is 27.7 Å². The molecule has 1 aliphatic rings. The van der Waals surface area contributed by atoms with Gasteiger partial charge >= 0.3 is 0 Å². The molecule has 0 bridgehead atoms. The van der Waals surface area contributed by atoms with Gasteiger partial charge in [0.25, 0.3) is 0 Å². The van der Waals surface area contributed by atoms with Crippen LogP contribution in [0, 0.1) is 0 Å². The van der Waals surface area contributed by atoms with Gasteiger partial charge in [-0.3, -0.25) is 9.59 Å². The molecule has 2 N–H and O–H groups in total. The van der Waals surface area contributed by atoms with Crippen molar-refractivity contribution in [1.82, 2.24) is 35.0 Å². The highest BCUT2D eigenvalue weighted by atomic mass is 35.5. The molecule has 0 saturated carbocycles. The zero-order valence-corrected chi connectivity index (χ0v) is 19.5. The van der Waals surface area contributed by atoms with Gasteiger partial charge in [-0.1, -0.05) is 18.2 Å². The first kappa shape index (κ1) is 23.4. The van der Waals surface area contributed by atoms with Crippen LogP contribution in [0.4, 0.5) is 0 Å². The molecule has 0 aliphatic carbocycles. The minimum Gasteiger partial charge on any atom is -0.358 e. The lowest BCUT2D eigenvalue weighted by Gasteiger charge is -2.25. The van der Waals surface area contributed by atoms with E-state index >= 15 is 0 Å². The van der Waals surface area contributed by atoms with Crippen molar-refractivity contribution in [2.24, 2.45) is 0 Å². The van der Waals surface area contributed by atoms with Crippen LogP contribution in [0.15, 0.2) is 49.4 Å². The summed E-state index contributed by atoms with van der Waals surface area (Å²) in [5.41, 5.74) is 4.37. The molecule has 0 unspecified atom stereocenters. The molecule has 0 spiro atoms. The molecule has 4 aromatic rings. The first-order chi connectivity index (χ1) is 16.6. The number of rotatable bonds is 6. The Bertz CT molecular complexity index is 1310. The van der Waals surface area contributed by atoms with E-state index < -0.39 is 0 Å². The quantitative estimate of drug-likeness (QED) is 0.250. The molecule has 1 fully saturated rings. The van der Waals surface area contributed by atoms with Crippen LogP contribution >= 0.6 is 11.6 Å². The third-order valence-corrected chi connectivity index (χ3v) is 5.99.